The van der Waals surface area contributed by atoms with E-state index in [1.54, 1.807) is 0 Å². The maximum absolute atomic E-state index is 10.9. The van der Waals surface area contributed by atoms with Gasteiger partial charge in [0, 0.05) is 60.6 Å². The van der Waals surface area contributed by atoms with E-state index in [2.05, 4.69) is 39.1 Å². The lowest BCUT2D eigenvalue weighted by Gasteiger charge is -2.49. The molecule has 2 aromatic carbocycles. The molecule has 7 nitrogen and oxygen atoms in total. The molecule has 5 heterocycles. The molecule has 1 saturated heterocycles. The van der Waals surface area contributed by atoms with E-state index in [9.17, 15) is 5.11 Å². The van der Waals surface area contributed by atoms with E-state index in [0.29, 0.717) is 31.8 Å². The van der Waals surface area contributed by atoms with Gasteiger partial charge in [0.05, 0.1) is 0 Å². The number of rotatable bonds is 6. The number of anilines is 1. The molecule has 0 saturated carbocycles. The zero-order valence-corrected chi connectivity index (χ0v) is 23.7. The SMILES string of the molecule is O[C@H](COc1cccc2[nH]ccc12)CN1C[C@@H]2C/C=C\C[C@H]1CN2c1ccc2c(c1)OCCO2.S.S.S. The average Bonchev–Trinajstić information content (AvgIpc) is 3.33. The molecule has 37 heavy (non-hydrogen) atoms. The van der Waals surface area contributed by atoms with Gasteiger partial charge in [0.25, 0.3) is 0 Å². The predicted octanol–water partition coefficient (Wildman–Crippen LogP) is 3.93. The van der Waals surface area contributed by atoms with Gasteiger partial charge in [-0.05, 0) is 43.2 Å². The van der Waals surface area contributed by atoms with Gasteiger partial charge in [-0.25, -0.2) is 0 Å². The van der Waals surface area contributed by atoms with Crippen LogP contribution in [0.25, 0.3) is 10.9 Å². The monoisotopic (exact) mass is 563 g/mol. The highest BCUT2D eigenvalue weighted by atomic mass is 32.1. The molecule has 202 valence electrons. The standard InChI is InChI=1S/C27H31N3O4.3H2S/c31-22(18-34-25-7-3-6-24-23(25)10-11-28-24)17-29-15-21-5-2-1-4-20(29)16-30(21)19-8-9-26-27(14-19)33-13-12-32-26;;;/h1-3,6-11,14,20-22,28,31H,4-5,12-13,15-18H2;3*1H2/b2-1-;;;/t20-,21-,22-;;;/m0.../s1. The number of aromatic nitrogens is 1. The van der Waals surface area contributed by atoms with Gasteiger partial charge in [0.15, 0.2) is 11.5 Å². The number of nitrogens with one attached hydrogen (secondary N) is 1. The van der Waals surface area contributed by atoms with E-state index in [0.717, 1.165) is 54.1 Å². The zero-order chi connectivity index (χ0) is 22.9. The second kappa shape index (κ2) is 13.1. The van der Waals surface area contributed by atoms with Crippen molar-refractivity contribution in [3.8, 4) is 17.2 Å². The number of H-pyrrole nitrogens is 1. The molecule has 0 aliphatic carbocycles. The summed E-state index contributed by atoms with van der Waals surface area (Å²) in [7, 11) is 0. The quantitative estimate of drug-likeness (QED) is 0.443. The highest BCUT2D eigenvalue weighted by Crippen LogP contribution is 2.37. The summed E-state index contributed by atoms with van der Waals surface area (Å²) in [5.74, 6) is 2.46. The minimum absolute atomic E-state index is 0. The molecule has 3 atom stereocenters. The number of fused-ring (bicyclic) bond motifs is 6. The maximum Gasteiger partial charge on any atom is 0.163 e. The molecule has 0 radical (unpaired) electrons. The fourth-order valence-electron chi connectivity index (χ4n) is 5.38. The summed E-state index contributed by atoms with van der Waals surface area (Å²) in [4.78, 5) is 8.14. The molecule has 10 heteroatoms. The third-order valence-corrected chi connectivity index (χ3v) is 7.08. The maximum atomic E-state index is 10.9. The smallest absolute Gasteiger partial charge is 0.163 e. The first-order valence-electron chi connectivity index (χ1n) is 12.2. The summed E-state index contributed by atoms with van der Waals surface area (Å²) in [5, 5.41) is 11.9. The van der Waals surface area contributed by atoms with E-state index in [-0.39, 0.29) is 47.1 Å². The van der Waals surface area contributed by atoms with E-state index in [1.165, 1.54) is 5.69 Å². The lowest BCUT2D eigenvalue weighted by atomic mass is 9.96. The van der Waals surface area contributed by atoms with Crippen molar-refractivity contribution in [2.75, 3.05) is 44.4 Å². The van der Waals surface area contributed by atoms with Gasteiger partial charge in [-0.15, -0.1) is 0 Å². The van der Waals surface area contributed by atoms with Gasteiger partial charge < -0.3 is 29.2 Å². The van der Waals surface area contributed by atoms with Crippen LogP contribution in [0.15, 0.2) is 60.8 Å². The number of hydrogen-bond acceptors (Lipinski definition) is 6. The number of nitrogens with zero attached hydrogens (tertiary/aromatic N) is 2. The van der Waals surface area contributed by atoms with Gasteiger partial charge in [0.2, 0.25) is 0 Å². The van der Waals surface area contributed by atoms with Gasteiger partial charge in [0.1, 0.15) is 31.7 Å². The Morgan fingerprint density at radius 2 is 1.73 bits per heavy atom. The third-order valence-electron chi connectivity index (χ3n) is 7.08. The predicted molar refractivity (Wildman–Crippen MR) is 163 cm³/mol. The van der Waals surface area contributed by atoms with Crippen molar-refractivity contribution in [2.24, 2.45) is 0 Å². The lowest BCUT2D eigenvalue weighted by molar-refractivity contribution is 0.0408. The van der Waals surface area contributed by atoms with Crippen LogP contribution in [-0.4, -0.2) is 72.6 Å². The summed E-state index contributed by atoms with van der Waals surface area (Å²) in [6.45, 7) is 3.91. The Morgan fingerprint density at radius 3 is 2.57 bits per heavy atom. The zero-order valence-electron chi connectivity index (χ0n) is 20.7. The van der Waals surface area contributed by atoms with Crippen LogP contribution in [0.4, 0.5) is 5.69 Å². The molecule has 0 spiro atoms. The fraction of sp³-hybridized carbons (Fsp3) is 0.407. The van der Waals surface area contributed by atoms with Crippen LogP contribution in [0, 0.1) is 0 Å². The Bertz CT molecular complexity index is 1190. The van der Waals surface area contributed by atoms with E-state index < -0.39 is 6.10 Å². The molecule has 0 unspecified atom stereocenters. The van der Waals surface area contributed by atoms with Crippen molar-refractivity contribution < 1.29 is 19.3 Å². The van der Waals surface area contributed by atoms with Crippen LogP contribution in [-0.2, 0) is 0 Å². The van der Waals surface area contributed by atoms with Crippen molar-refractivity contribution in [3.05, 3.63) is 60.8 Å². The molecule has 2 bridgehead atoms. The summed E-state index contributed by atoms with van der Waals surface area (Å²) in [6, 6.07) is 14.9. The van der Waals surface area contributed by atoms with Crippen molar-refractivity contribution >= 4 is 57.1 Å². The highest BCUT2D eigenvalue weighted by molar-refractivity contribution is 7.59. The summed E-state index contributed by atoms with van der Waals surface area (Å²) in [5.41, 5.74) is 2.22. The topological polar surface area (TPSA) is 70.2 Å². The van der Waals surface area contributed by atoms with E-state index >= 15 is 0 Å². The molecule has 7 rings (SSSR count). The average molecular weight is 564 g/mol. The fourth-order valence-corrected chi connectivity index (χ4v) is 5.38. The van der Waals surface area contributed by atoms with Crippen LogP contribution in [0.5, 0.6) is 17.2 Å². The second-order valence-corrected chi connectivity index (χ2v) is 9.34. The molecule has 4 aliphatic heterocycles. The summed E-state index contributed by atoms with van der Waals surface area (Å²) < 4.78 is 17.5. The number of ether oxygens (including phenoxy) is 3. The Kier molecular flexibility index (Phi) is 10.4. The van der Waals surface area contributed by atoms with Gasteiger partial charge >= 0.3 is 0 Å². The molecule has 4 aliphatic rings. The van der Waals surface area contributed by atoms with Crippen LogP contribution in [0.1, 0.15) is 12.8 Å². The van der Waals surface area contributed by atoms with Crippen molar-refractivity contribution in [2.45, 2.75) is 31.0 Å². The van der Waals surface area contributed by atoms with Crippen molar-refractivity contribution in [3.63, 3.8) is 0 Å². The van der Waals surface area contributed by atoms with Crippen molar-refractivity contribution in [1.29, 1.82) is 0 Å². The third kappa shape index (κ3) is 6.31. The number of aliphatic hydroxyl groups is 1. The molecule has 2 N–H and O–H groups in total. The van der Waals surface area contributed by atoms with Crippen LogP contribution in [0.3, 0.4) is 0 Å². The Labute approximate surface area is 239 Å². The summed E-state index contributed by atoms with van der Waals surface area (Å²) in [6.07, 6.45) is 7.91. The number of aliphatic hydroxyl groups excluding tert-OH is 1. The number of hydrogen-bond donors (Lipinski definition) is 2. The van der Waals surface area contributed by atoms with E-state index in [4.69, 9.17) is 14.2 Å². The Morgan fingerprint density at radius 1 is 0.946 bits per heavy atom. The first-order chi connectivity index (χ1) is 16.7. The molecular weight excluding hydrogens is 527 g/mol. The van der Waals surface area contributed by atoms with Crippen molar-refractivity contribution in [1.82, 2.24) is 9.88 Å². The molecule has 0 amide bonds. The highest BCUT2D eigenvalue weighted by Gasteiger charge is 2.35. The number of piperazine rings is 1. The summed E-state index contributed by atoms with van der Waals surface area (Å²) >= 11 is 0. The molecule has 3 aromatic rings. The lowest BCUT2D eigenvalue weighted by Crippen LogP contribution is -2.60. The van der Waals surface area contributed by atoms with Gasteiger partial charge in [-0.2, -0.15) is 40.5 Å². The minimum atomic E-state index is -0.554. The molecule has 1 aromatic heterocycles. The van der Waals surface area contributed by atoms with Crippen LogP contribution in [0.2, 0.25) is 0 Å². The van der Waals surface area contributed by atoms with Gasteiger partial charge in [-0.3, -0.25) is 4.90 Å². The number of aromatic amines is 1. The minimum Gasteiger partial charge on any atom is -0.490 e. The van der Waals surface area contributed by atoms with Crippen LogP contribution < -0.4 is 19.1 Å². The number of benzene rings is 2. The van der Waals surface area contributed by atoms with Gasteiger partial charge in [-0.1, -0.05) is 18.2 Å². The largest absolute Gasteiger partial charge is 0.490 e. The van der Waals surface area contributed by atoms with E-state index in [1.807, 2.05) is 36.5 Å². The normalized spacial score (nSPS) is 22.0. The molecule has 1 fully saturated rings. The second-order valence-electron chi connectivity index (χ2n) is 9.34. The van der Waals surface area contributed by atoms with Crippen LogP contribution >= 0.6 is 40.5 Å². The Balaban J connectivity index is 0.00000127. The molecular formula is C27H37N3O4S3. The first-order valence-corrected chi connectivity index (χ1v) is 12.2. The Hall–Kier alpha value is -2.11. The first kappa shape index (κ1) is 29.4.